The summed E-state index contributed by atoms with van der Waals surface area (Å²) in [5, 5.41) is 9.27. The van der Waals surface area contributed by atoms with Crippen LogP contribution in [0.15, 0.2) is 59.1 Å². The van der Waals surface area contributed by atoms with Gasteiger partial charge in [-0.2, -0.15) is 5.26 Å². The van der Waals surface area contributed by atoms with Crippen molar-refractivity contribution in [1.29, 1.82) is 5.26 Å². The van der Waals surface area contributed by atoms with Gasteiger partial charge in [-0.05, 0) is 23.3 Å². The van der Waals surface area contributed by atoms with Crippen molar-refractivity contribution < 1.29 is 0 Å². The summed E-state index contributed by atoms with van der Waals surface area (Å²) in [5.74, 6) is 0. The van der Waals surface area contributed by atoms with Gasteiger partial charge in [-0.15, -0.1) is 0 Å². The molecule has 2 rings (SSSR count). The van der Waals surface area contributed by atoms with E-state index >= 15 is 0 Å². The Hall–Kier alpha value is -2.05. The van der Waals surface area contributed by atoms with E-state index in [0.29, 0.717) is 11.3 Å². The first-order valence-corrected chi connectivity index (χ1v) is 6.23. The molecule has 0 saturated carbocycles. The standard InChI is InChI=1S/C15H11BrN2/c16-13-8-6-12(7-9-13)15(18)14(10-17)11-4-2-1-3-5-11/h1-9H,18H2/b15-14-. The van der Waals surface area contributed by atoms with Crippen LogP contribution in [-0.2, 0) is 0 Å². The van der Waals surface area contributed by atoms with Crippen LogP contribution < -0.4 is 5.73 Å². The highest BCUT2D eigenvalue weighted by molar-refractivity contribution is 9.10. The summed E-state index contributed by atoms with van der Waals surface area (Å²) < 4.78 is 0.984. The molecule has 0 fully saturated rings. The lowest BCUT2D eigenvalue weighted by Gasteiger charge is -2.06. The van der Waals surface area contributed by atoms with Crippen LogP contribution in [0.5, 0.6) is 0 Å². The number of nitrogens with two attached hydrogens (primary N) is 1. The van der Waals surface area contributed by atoms with E-state index in [1.54, 1.807) is 0 Å². The first-order chi connectivity index (χ1) is 8.72. The summed E-state index contributed by atoms with van der Waals surface area (Å²) in [5.41, 5.74) is 8.75. The molecule has 2 N–H and O–H groups in total. The molecule has 0 saturated heterocycles. The fourth-order valence-electron chi connectivity index (χ4n) is 1.66. The molecule has 0 aliphatic rings. The van der Waals surface area contributed by atoms with Crippen molar-refractivity contribution in [3.63, 3.8) is 0 Å². The Bertz CT molecular complexity index is 607. The normalized spacial score (nSPS) is 11.6. The van der Waals surface area contributed by atoms with Crippen LogP contribution in [0.2, 0.25) is 0 Å². The molecule has 0 radical (unpaired) electrons. The van der Waals surface area contributed by atoms with Gasteiger partial charge in [0.25, 0.3) is 0 Å². The van der Waals surface area contributed by atoms with Gasteiger partial charge in [-0.25, -0.2) is 0 Å². The van der Waals surface area contributed by atoms with Crippen LogP contribution in [0, 0.1) is 11.3 Å². The maximum atomic E-state index is 9.27. The monoisotopic (exact) mass is 298 g/mol. The molecule has 0 atom stereocenters. The molecule has 0 unspecified atom stereocenters. The zero-order chi connectivity index (χ0) is 13.0. The second-order valence-corrected chi connectivity index (χ2v) is 4.69. The van der Waals surface area contributed by atoms with Crippen molar-refractivity contribution in [3.05, 3.63) is 70.2 Å². The predicted octanol–water partition coefficient (Wildman–Crippen LogP) is 3.80. The van der Waals surface area contributed by atoms with Crippen molar-refractivity contribution in [3.8, 4) is 6.07 Å². The average molecular weight is 299 g/mol. The van der Waals surface area contributed by atoms with Gasteiger partial charge < -0.3 is 5.73 Å². The first kappa shape index (κ1) is 12.4. The smallest absolute Gasteiger partial charge is 0.102 e. The largest absolute Gasteiger partial charge is 0.397 e. The predicted molar refractivity (Wildman–Crippen MR) is 77.2 cm³/mol. The number of rotatable bonds is 2. The van der Waals surface area contributed by atoms with Crippen molar-refractivity contribution in [1.82, 2.24) is 0 Å². The van der Waals surface area contributed by atoms with E-state index < -0.39 is 0 Å². The second kappa shape index (κ2) is 5.52. The zero-order valence-electron chi connectivity index (χ0n) is 9.60. The van der Waals surface area contributed by atoms with Gasteiger partial charge in [0.2, 0.25) is 0 Å². The average Bonchev–Trinajstić information content (AvgIpc) is 2.41. The van der Waals surface area contributed by atoms with Crippen molar-refractivity contribution in [2.75, 3.05) is 0 Å². The Labute approximate surface area is 114 Å². The van der Waals surface area contributed by atoms with E-state index in [4.69, 9.17) is 5.73 Å². The number of allylic oxidation sites excluding steroid dienone is 1. The Morgan fingerprint density at radius 2 is 1.56 bits per heavy atom. The van der Waals surface area contributed by atoms with Crippen LogP contribution in [0.25, 0.3) is 11.3 Å². The summed E-state index contributed by atoms with van der Waals surface area (Å²) in [7, 11) is 0. The molecule has 0 aliphatic carbocycles. The highest BCUT2D eigenvalue weighted by Crippen LogP contribution is 2.23. The molecule has 0 aromatic heterocycles. The molecule has 2 aromatic carbocycles. The minimum atomic E-state index is 0.496. The number of halogens is 1. The molecule has 0 bridgehead atoms. The molecule has 2 aromatic rings. The van der Waals surface area contributed by atoms with E-state index in [2.05, 4.69) is 22.0 Å². The SMILES string of the molecule is N#C/C(=C(/N)c1ccc(Br)cc1)c1ccccc1. The summed E-state index contributed by atoms with van der Waals surface area (Å²) in [6.07, 6.45) is 0. The molecule has 0 heterocycles. The van der Waals surface area contributed by atoms with Crippen molar-refractivity contribution >= 4 is 27.2 Å². The topological polar surface area (TPSA) is 49.8 Å². The fourth-order valence-corrected chi connectivity index (χ4v) is 1.92. The van der Waals surface area contributed by atoms with Gasteiger partial charge >= 0.3 is 0 Å². The van der Waals surface area contributed by atoms with E-state index in [-0.39, 0.29) is 0 Å². The lowest BCUT2D eigenvalue weighted by atomic mass is 10.0. The Morgan fingerprint density at radius 1 is 0.944 bits per heavy atom. The number of hydrogen-bond donors (Lipinski definition) is 1. The summed E-state index contributed by atoms with van der Waals surface area (Å²) in [4.78, 5) is 0. The number of benzene rings is 2. The van der Waals surface area contributed by atoms with Crippen LogP contribution in [0.4, 0.5) is 0 Å². The molecule has 18 heavy (non-hydrogen) atoms. The van der Waals surface area contributed by atoms with Gasteiger partial charge in [0.15, 0.2) is 0 Å². The molecule has 0 spiro atoms. The minimum absolute atomic E-state index is 0.496. The summed E-state index contributed by atoms with van der Waals surface area (Å²) in [6, 6.07) is 19.2. The zero-order valence-corrected chi connectivity index (χ0v) is 11.2. The van der Waals surface area contributed by atoms with Gasteiger partial charge in [-0.3, -0.25) is 0 Å². The van der Waals surface area contributed by atoms with Crippen LogP contribution in [0.1, 0.15) is 11.1 Å². The maximum absolute atomic E-state index is 9.27. The fraction of sp³-hybridized carbons (Fsp3) is 0. The van der Waals surface area contributed by atoms with E-state index in [0.717, 1.165) is 15.6 Å². The Balaban J connectivity index is 2.51. The minimum Gasteiger partial charge on any atom is -0.397 e. The molecular formula is C15H11BrN2. The van der Waals surface area contributed by atoms with Crippen molar-refractivity contribution in [2.45, 2.75) is 0 Å². The van der Waals surface area contributed by atoms with E-state index in [9.17, 15) is 5.26 Å². The highest BCUT2D eigenvalue weighted by Gasteiger charge is 2.07. The first-order valence-electron chi connectivity index (χ1n) is 5.43. The Kier molecular flexibility index (Phi) is 3.81. The summed E-state index contributed by atoms with van der Waals surface area (Å²) in [6.45, 7) is 0. The lowest BCUT2D eigenvalue weighted by Crippen LogP contribution is -2.00. The van der Waals surface area contributed by atoms with Gasteiger partial charge in [0, 0.05) is 4.47 Å². The highest BCUT2D eigenvalue weighted by atomic mass is 79.9. The third kappa shape index (κ3) is 2.61. The van der Waals surface area contributed by atoms with Crippen LogP contribution >= 0.6 is 15.9 Å². The second-order valence-electron chi connectivity index (χ2n) is 3.77. The third-order valence-electron chi connectivity index (χ3n) is 2.60. The molecule has 3 heteroatoms. The molecule has 0 aliphatic heterocycles. The van der Waals surface area contributed by atoms with Crippen LogP contribution in [-0.4, -0.2) is 0 Å². The Morgan fingerprint density at radius 3 is 2.11 bits per heavy atom. The maximum Gasteiger partial charge on any atom is 0.102 e. The number of hydrogen-bond acceptors (Lipinski definition) is 2. The molecule has 88 valence electrons. The van der Waals surface area contributed by atoms with Gasteiger partial charge in [0.05, 0.1) is 11.3 Å². The quantitative estimate of drug-likeness (QED) is 0.677. The number of nitriles is 1. The molecule has 2 nitrogen and oxygen atoms in total. The van der Waals surface area contributed by atoms with Crippen LogP contribution in [0.3, 0.4) is 0 Å². The van der Waals surface area contributed by atoms with Crippen molar-refractivity contribution in [2.24, 2.45) is 5.73 Å². The van der Waals surface area contributed by atoms with E-state index in [1.165, 1.54) is 0 Å². The van der Waals surface area contributed by atoms with Gasteiger partial charge in [-0.1, -0.05) is 58.4 Å². The number of nitrogens with zero attached hydrogens (tertiary/aromatic N) is 1. The lowest BCUT2D eigenvalue weighted by molar-refractivity contribution is 1.47. The van der Waals surface area contributed by atoms with E-state index in [1.807, 2.05) is 54.6 Å². The summed E-state index contributed by atoms with van der Waals surface area (Å²) >= 11 is 3.37. The van der Waals surface area contributed by atoms with Gasteiger partial charge in [0.1, 0.15) is 6.07 Å². The third-order valence-corrected chi connectivity index (χ3v) is 3.13. The molecule has 0 amide bonds. The molecular weight excluding hydrogens is 288 g/mol.